The van der Waals surface area contributed by atoms with Crippen molar-refractivity contribution in [1.29, 1.82) is 0 Å². The highest BCUT2D eigenvalue weighted by molar-refractivity contribution is 5.87. The lowest BCUT2D eigenvalue weighted by Gasteiger charge is -2.33. The standard InChI is InChI=1S/C21H29N3O2/c1-14(2)24-13-17-9-8-16(11-18(17)22-24)19-10-7-15(3)12-23(19)20(25)26-21(4,5)6/h8-11,13-15H,7,12H2,1-6H3/t15-/m1/s1. The van der Waals surface area contributed by atoms with Crippen molar-refractivity contribution in [3.05, 3.63) is 36.0 Å². The summed E-state index contributed by atoms with van der Waals surface area (Å²) < 4.78 is 7.60. The van der Waals surface area contributed by atoms with Crippen molar-refractivity contribution >= 4 is 22.7 Å². The quantitative estimate of drug-likeness (QED) is 0.740. The Morgan fingerprint density at radius 3 is 2.69 bits per heavy atom. The summed E-state index contributed by atoms with van der Waals surface area (Å²) in [6, 6.07) is 6.52. The highest BCUT2D eigenvalue weighted by atomic mass is 16.6. The van der Waals surface area contributed by atoms with Crippen molar-refractivity contribution in [2.45, 2.75) is 59.6 Å². The third kappa shape index (κ3) is 3.92. The first-order valence-electron chi connectivity index (χ1n) is 9.34. The van der Waals surface area contributed by atoms with Gasteiger partial charge in [-0.1, -0.05) is 25.1 Å². The van der Waals surface area contributed by atoms with Gasteiger partial charge in [0.2, 0.25) is 0 Å². The first-order chi connectivity index (χ1) is 12.1. The molecule has 1 atom stereocenters. The van der Waals surface area contributed by atoms with E-state index in [-0.39, 0.29) is 6.09 Å². The van der Waals surface area contributed by atoms with Gasteiger partial charge in [0, 0.05) is 29.7 Å². The number of hydrogen-bond donors (Lipinski definition) is 0. The van der Waals surface area contributed by atoms with Gasteiger partial charge >= 0.3 is 6.09 Å². The fraction of sp³-hybridized carbons (Fsp3) is 0.524. The summed E-state index contributed by atoms with van der Waals surface area (Å²) in [4.78, 5) is 14.5. The fourth-order valence-electron chi connectivity index (χ4n) is 3.13. The van der Waals surface area contributed by atoms with Gasteiger partial charge < -0.3 is 4.74 Å². The van der Waals surface area contributed by atoms with Crippen LogP contribution in [0.15, 0.2) is 30.5 Å². The molecule has 0 saturated carbocycles. The summed E-state index contributed by atoms with van der Waals surface area (Å²) >= 11 is 0. The largest absolute Gasteiger partial charge is 0.443 e. The van der Waals surface area contributed by atoms with Crippen LogP contribution in [0.25, 0.3) is 16.6 Å². The van der Waals surface area contributed by atoms with E-state index in [2.05, 4.69) is 56.3 Å². The van der Waals surface area contributed by atoms with E-state index in [4.69, 9.17) is 4.74 Å². The van der Waals surface area contributed by atoms with Crippen molar-refractivity contribution in [3.8, 4) is 0 Å². The summed E-state index contributed by atoms with van der Waals surface area (Å²) in [5.41, 5.74) is 2.35. The molecule has 3 rings (SSSR count). The third-order valence-electron chi connectivity index (χ3n) is 4.46. The smallest absolute Gasteiger partial charge is 0.414 e. The first-order valence-corrected chi connectivity index (χ1v) is 9.34. The number of amides is 1. The van der Waals surface area contributed by atoms with Crippen molar-refractivity contribution in [2.24, 2.45) is 5.92 Å². The number of carbonyl (C=O) groups excluding carboxylic acids is 1. The summed E-state index contributed by atoms with van der Waals surface area (Å²) in [6.07, 6.45) is 4.86. The Morgan fingerprint density at radius 2 is 2.04 bits per heavy atom. The Morgan fingerprint density at radius 1 is 1.31 bits per heavy atom. The van der Waals surface area contributed by atoms with E-state index in [1.807, 2.05) is 25.5 Å². The lowest BCUT2D eigenvalue weighted by atomic mass is 9.98. The lowest BCUT2D eigenvalue weighted by molar-refractivity contribution is 0.0327. The summed E-state index contributed by atoms with van der Waals surface area (Å²) in [6.45, 7) is 12.7. The molecule has 0 aliphatic carbocycles. The monoisotopic (exact) mass is 355 g/mol. The summed E-state index contributed by atoms with van der Waals surface area (Å²) in [7, 11) is 0. The average molecular weight is 355 g/mol. The molecule has 140 valence electrons. The van der Waals surface area contributed by atoms with E-state index in [1.165, 1.54) is 0 Å². The molecule has 0 radical (unpaired) electrons. The Kier molecular flexibility index (Phi) is 4.82. The van der Waals surface area contributed by atoms with Crippen LogP contribution in [-0.4, -0.2) is 32.9 Å². The molecule has 0 spiro atoms. The zero-order valence-corrected chi connectivity index (χ0v) is 16.6. The molecule has 1 aromatic carbocycles. The number of allylic oxidation sites excluding steroid dienone is 1. The van der Waals surface area contributed by atoms with Crippen molar-refractivity contribution in [1.82, 2.24) is 14.7 Å². The normalized spacial score (nSPS) is 18.3. The van der Waals surface area contributed by atoms with Gasteiger partial charge in [0.15, 0.2) is 0 Å². The van der Waals surface area contributed by atoms with E-state index in [1.54, 1.807) is 4.90 Å². The van der Waals surface area contributed by atoms with Crippen LogP contribution in [0.2, 0.25) is 0 Å². The van der Waals surface area contributed by atoms with Crippen molar-refractivity contribution in [3.63, 3.8) is 0 Å². The highest BCUT2D eigenvalue weighted by Gasteiger charge is 2.29. The molecule has 0 saturated heterocycles. The van der Waals surface area contributed by atoms with Gasteiger partial charge in [0.05, 0.1) is 11.2 Å². The van der Waals surface area contributed by atoms with Gasteiger partial charge in [-0.15, -0.1) is 0 Å². The molecule has 2 aromatic rings. The molecule has 0 unspecified atom stereocenters. The Labute approximate surface area is 155 Å². The molecular weight excluding hydrogens is 326 g/mol. The number of ether oxygens (including phenoxy) is 1. The maximum absolute atomic E-state index is 12.7. The summed E-state index contributed by atoms with van der Waals surface area (Å²) in [5, 5.41) is 5.77. The number of hydrogen-bond acceptors (Lipinski definition) is 3. The number of benzene rings is 1. The third-order valence-corrected chi connectivity index (χ3v) is 4.46. The molecule has 5 nitrogen and oxygen atoms in total. The number of aromatic nitrogens is 2. The molecule has 0 fully saturated rings. The number of nitrogens with zero attached hydrogens (tertiary/aromatic N) is 3. The van der Waals surface area contributed by atoms with Gasteiger partial charge in [-0.3, -0.25) is 9.58 Å². The minimum Gasteiger partial charge on any atom is -0.443 e. The molecule has 26 heavy (non-hydrogen) atoms. The van der Waals surface area contributed by atoms with E-state index >= 15 is 0 Å². The minimum absolute atomic E-state index is 0.289. The van der Waals surface area contributed by atoms with E-state index < -0.39 is 5.60 Å². The second-order valence-electron chi connectivity index (χ2n) is 8.50. The van der Waals surface area contributed by atoms with Crippen LogP contribution in [-0.2, 0) is 4.74 Å². The second-order valence-corrected chi connectivity index (χ2v) is 8.50. The number of carbonyl (C=O) groups is 1. The predicted octanol–water partition coefficient (Wildman–Crippen LogP) is 5.24. The molecule has 1 amide bonds. The highest BCUT2D eigenvalue weighted by Crippen LogP contribution is 2.31. The van der Waals surface area contributed by atoms with Crippen LogP contribution in [0.3, 0.4) is 0 Å². The van der Waals surface area contributed by atoms with Gasteiger partial charge in [0.25, 0.3) is 0 Å². The minimum atomic E-state index is -0.511. The van der Waals surface area contributed by atoms with Crippen LogP contribution in [0.5, 0.6) is 0 Å². The Bertz CT molecular complexity index is 843. The van der Waals surface area contributed by atoms with Crippen molar-refractivity contribution in [2.75, 3.05) is 6.54 Å². The van der Waals surface area contributed by atoms with Gasteiger partial charge in [0.1, 0.15) is 5.60 Å². The molecule has 0 N–H and O–H groups in total. The van der Waals surface area contributed by atoms with Crippen LogP contribution in [0, 0.1) is 5.92 Å². The summed E-state index contributed by atoms with van der Waals surface area (Å²) in [5.74, 6) is 0.412. The maximum atomic E-state index is 12.7. The second kappa shape index (κ2) is 6.78. The van der Waals surface area contributed by atoms with Crippen LogP contribution >= 0.6 is 0 Å². The first kappa shape index (κ1) is 18.5. The topological polar surface area (TPSA) is 47.4 Å². The zero-order valence-electron chi connectivity index (χ0n) is 16.6. The molecule has 5 heteroatoms. The molecule has 2 heterocycles. The zero-order chi connectivity index (χ0) is 19.1. The van der Waals surface area contributed by atoms with E-state index in [0.717, 1.165) is 28.6 Å². The molecule has 0 bridgehead atoms. The average Bonchev–Trinajstić information content (AvgIpc) is 2.96. The van der Waals surface area contributed by atoms with Crippen LogP contribution in [0.4, 0.5) is 4.79 Å². The van der Waals surface area contributed by atoms with Gasteiger partial charge in [-0.05, 0) is 53.0 Å². The predicted molar refractivity (Wildman–Crippen MR) is 105 cm³/mol. The molecule has 1 aliphatic heterocycles. The molecule has 1 aromatic heterocycles. The Balaban J connectivity index is 1.96. The van der Waals surface area contributed by atoms with Crippen molar-refractivity contribution < 1.29 is 9.53 Å². The SMILES string of the molecule is CC(C)n1cc2ccc(C3=CC[C@@H](C)CN3C(=O)OC(C)(C)C)cc2n1. The molecule has 1 aliphatic rings. The van der Waals surface area contributed by atoms with Gasteiger partial charge in [-0.2, -0.15) is 5.10 Å². The molecular formula is C21H29N3O2. The van der Waals surface area contributed by atoms with E-state index in [9.17, 15) is 4.79 Å². The number of rotatable bonds is 2. The Hall–Kier alpha value is -2.30. The maximum Gasteiger partial charge on any atom is 0.414 e. The van der Waals surface area contributed by atoms with Crippen LogP contribution in [0.1, 0.15) is 59.6 Å². The van der Waals surface area contributed by atoms with Gasteiger partial charge in [-0.25, -0.2) is 4.79 Å². The number of fused-ring (bicyclic) bond motifs is 1. The lowest BCUT2D eigenvalue weighted by Crippen LogP contribution is -2.39. The fourth-order valence-corrected chi connectivity index (χ4v) is 3.13. The van der Waals surface area contributed by atoms with Crippen LogP contribution < -0.4 is 0 Å². The van der Waals surface area contributed by atoms with E-state index in [0.29, 0.717) is 18.5 Å².